The Labute approximate surface area is 154 Å². The van der Waals surface area contributed by atoms with Crippen molar-refractivity contribution in [3.05, 3.63) is 18.2 Å². The zero-order valence-corrected chi connectivity index (χ0v) is 15.8. The van der Waals surface area contributed by atoms with Gasteiger partial charge in [-0.1, -0.05) is 19.8 Å². The molecule has 2 rings (SSSR count). The number of nitrogens with one attached hydrogen (secondary N) is 3. The summed E-state index contributed by atoms with van der Waals surface area (Å²) < 4.78 is 11.1. The Morgan fingerprint density at radius 3 is 2.65 bits per heavy atom. The van der Waals surface area contributed by atoms with Crippen molar-refractivity contribution in [2.24, 2.45) is 5.92 Å². The van der Waals surface area contributed by atoms with E-state index in [1.165, 1.54) is 33.3 Å². The van der Waals surface area contributed by atoms with Crippen LogP contribution in [0.2, 0.25) is 0 Å². The van der Waals surface area contributed by atoms with E-state index in [-0.39, 0.29) is 11.9 Å². The molecule has 1 saturated carbocycles. The van der Waals surface area contributed by atoms with Crippen LogP contribution in [0, 0.1) is 5.92 Å². The minimum atomic E-state index is -0.306. The zero-order chi connectivity index (χ0) is 18.9. The number of amides is 3. The van der Waals surface area contributed by atoms with Crippen molar-refractivity contribution in [1.82, 2.24) is 5.32 Å². The second-order valence-electron chi connectivity index (χ2n) is 6.65. The second-order valence-corrected chi connectivity index (χ2v) is 6.65. The lowest BCUT2D eigenvalue weighted by Gasteiger charge is -2.28. The maximum Gasteiger partial charge on any atom is 0.319 e. The van der Waals surface area contributed by atoms with Gasteiger partial charge in [-0.2, -0.15) is 0 Å². The Balaban J connectivity index is 1.75. The lowest BCUT2D eigenvalue weighted by molar-refractivity contribution is -0.114. The van der Waals surface area contributed by atoms with Crippen LogP contribution in [0.15, 0.2) is 18.2 Å². The summed E-state index contributed by atoms with van der Waals surface area (Å²) in [7, 11) is 1.51. The number of anilines is 2. The number of hydrogen-bond donors (Lipinski definition) is 3. The van der Waals surface area contributed by atoms with Crippen LogP contribution in [0.25, 0.3) is 0 Å². The summed E-state index contributed by atoms with van der Waals surface area (Å²) >= 11 is 0. The van der Waals surface area contributed by atoms with E-state index in [0.717, 1.165) is 6.42 Å². The van der Waals surface area contributed by atoms with Crippen LogP contribution in [-0.4, -0.2) is 38.3 Å². The van der Waals surface area contributed by atoms with Gasteiger partial charge >= 0.3 is 6.03 Å². The van der Waals surface area contributed by atoms with Crippen molar-refractivity contribution < 1.29 is 19.1 Å². The summed E-state index contributed by atoms with van der Waals surface area (Å²) in [6.07, 6.45) is 5.13. The first-order valence-corrected chi connectivity index (χ1v) is 9.11. The molecule has 144 valence electrons. The fourth-order valence-electron chi connectivity index (χ4n) is 3.14. The number of carbonyl (C=O) groups excluding carboxylic acids is 2. The Bertz CT molecular complexity index is 621. The van der Waals surface area contributed by atoms with Gasteiger partial charge in [0.05, 0.1) is 25.5 Å². The maximum absolute atomic E-state index is 12.0. The highest BCUT2D eigenvalue weighted by molar-refractivity contribution is 5.93. The quantitative estimate of drug-likeness (QED) is 0.648. The average molecular weight is 363 g/mol. The highest BCUT2D eigenvalue weighted by Crippen LogP contribution is 2.28. The molecule has 0 radical (unpaired) electrons. The average Bonchev–Trinajstić information content (AvgIpc) is 2.61. The van der Waals surface area contributed by atoms with E-state index in [0.29, 0.717) is 42.3 Å². The third kappa shape index (κ3) is 6.22. The minimum absolute atomic E-state index is 0.186. The van der Waals surface area contributed by atoms with Crippen LogP contribution in [0.1, 0.15) is 39.5 Å². The summed E-state index contributed by atoms with van der Waals surface area (Å²) in [5.41, 5.74) is 1.14. The molecular weight excluding hydrogens is 334 g/mol. The SMILES string of the molecule is COc1cc(NC(=O)NCCO[C@H]2CCCC[C@@H]2C)ccc1NC(C)=O. The van der Waals surface area contributed by atoms with Crippen molar-refractivity contribution in [2.75, 3.05) is 30.9 Å². The third-order valence-corrected chi connectivity index (χ3v) is 4.52. The van der Waals surface area contributed by atoms with Crippen molar-refractivity contribution in [2.45, 2.75) is 45.6 Å². The molecule has 0 unspecified atom stereocenters. The van der Waals surface area contributed by atoms with Crippen molar-refractivity contribution in [3.63, 3.8) is 0 Å². The smallest absolute Gasteiger partial charge is 0.319 e. The molecule has 1 aliphatic rings. The monoisotopic (exact) mass is 363 g/mol. The van der Waals surface area contributed by atoms with Crippen molar-refractivity contribution in [1.29, 1.82) is 0 Å². The standard InChI is InChI=1S/C19H29N3O4/c1-13-6-4-5-7-17(13)26-11-10-20-19(24)22-15-8-9-16(21-14(2)23)18(12-15)25-3/h8-9,12-13,17H,4-7,10-11H2,1-3H3,(H,21,23)(H2,20,22,24)/t13-,17-/m0/s1. The maximum atomic E-state index is 12.0. The van der Waals surface area contributed by atoms with Gasteiger partial charge in [-0.05, 0) is 30.9 Å². The van der Waals surface area contributed by atoms with Crippen molar-refractivity contribution >= 4 is 23.3 Å². The van der Waals surface area contributed by atoms with E-state index in [4.69, 9.17) is 9.47 Å². The Morgan fingerprint density at radius 1 is 1.19 bits per heavy atom. The number of methoxy groups -OCH3 is 1. The van der Waals surface area contributed by atoms with E-state index < -0.39 is 0 Å². The number of rotatable bonds is 7. The van der Waals surface area contributed by atoms with Crippen LogP contribution in [0.3, 0.4) is 0 Å². The van der Waals surface area contributed by atoms with E-state index >= 15 is 0 Å². The number of hydrogen-bond acceptors (Lipinski definition) is 4. The van der Waals surface area contributed by atoms with Gasteiger partial charge in [-0.15, -0.1) is 0 Å². The minimum Gasteiger partial charge on any atom is -0.494 e. The first-order chi connectivity index (χ1) is 12.5. The lowest BCUT2D eigenvalue weighted by Crippen LogP contribution is -2.34. The highest BCUT2D eigenvalue weighted by atomic mass is 16.5. The summed E-state index contributed by atoms with van der Waals surface area (Å²) in [4.78, 5) is 23.2. The van der Waals surface area contributed by atoms with E-state index in [1.54, 1.807) is 18.2 Å². The topological polar surface area (TPSA) is 88.7 Å². The molecule has 3 N–H and O–H groups in total. The Kier molecular flexibility index (Phi) is 7.72. The molecule has 7 nitrogen and oxygen atoms in total. The van der Waals surface area contributed by atoms with Gasteiger partial charge in [0.15, 0.2) is 0 Å². The van der Waals surface area contributed by atoms with Crippen LogP contribution >= 0.6 is 0 Å². The molecule has 2 atom stereocenters. The number of carbonyl (C=O) groups is 2. The lowest BCUT2D eigenvalue weighted by atomic mass is 9.88. The largest absolute Gasteiger partial charge is 0.494 e. The molecule has 0 saturated heterocycles. The first-order valence-electron chi connectivity index (χ1n) is 9.11. The van der Waals surface area contributed by atoms with Gasteiger partial charge in [0.1, 0.15) is 5.75 Å². The molecule has 7 heteroatoms. The van der Waals surface area contributed by atoms with Gasteiger partial charge in [0.2, 0.25) is 5.91 Å². The predicted molar refractivity (Wildman–Crippen MR) is 102 cm³/mol. The van der Waals surface area contributed by atoms with Crippen LogP contribution in [-0.2, 0) is 9.53 Å². The zero-order valence-electron chi connectivity index (χ0n) is 15.8. The fraction of sp³-hybridized carbons (Fsp3) is 0.579. The third-order valence-electron chi connectivity index (χ3n) is 4.52. The normalized spacial score (nSPS) is 19.5. The van der Waals surface area contributed by atoms with Gasteiger partial charge in [-0.3, -0.25) is 4.79 Å². The predicted octanol–water partition coefficient (Wildman–Crippen LogP) is 3.37. The van der Waals surface area contributed by atoms with E-state index in [2.05, 4.69) is 22.9 Å². The molecule has 1 fully saturated rings. The second kappa shape index (κ2) is 10.0. The molecule has 0 spiro atoms. The number of ether oxygens (including phenoxy) is 2. The van der Waals surface area contributed by atoms with Gasteiger partial charge in [0.25, 0.3) is 0 Å². The molecule has 26 heavy (non-hydrogen) atoms. The molecule has 3 amide bonds. The summed E-state index contributed by atoms with van der Waals surface area (Å²) in [6, 6.07) is 4.74. The molecule has 0 heterocycles. The van der Waals surface area contributed by atoms with Crippen molar-refractivity contribution in [3.8, 4) is 5.75 Å². The molecule has 0 aromatic heterocycles. The van der Waals surface area contributed by atoms with E-state index in [1.807, 2.05) is 0 Å². The fourth-order valence-corrected chi connectivity index (χ4v) is 3.14. The molecular formula is C19H29N3O4. The molecule has 0 bridgehead atoms. The van der Waals surface area contributed by atoms with Gasteiger partial charge < -0.3 is 25.4 Å². The number of urea groups is 1. The summed E-state index contributed by atoms with van der Waals surface area (Å²) in [5, 5.41) is 8.20. The van der Waals surface area contributed by atoms with Crippen LogP contribution in [0.4, 0.5) is 16.2 Å². The number of benzene rings is 1. The Hall–Kier alpha value is -2.28. The summed E-state index contributed by atoms with van der Waals surface area (Å²) in [6.45, 7) is 4.61. The molecule has 1 aromatic carbocycles. The first kappa shape index (κ1) is 20.0. The van der Waals surface area contributed by atoms with Gasteiger partial charge in [0, 0.05) is 25.2 Å². The van der Waals surface area contributed by atoms with Crippen LogP contribution < -0.4 is 20.7 Å². The van der Waals surface area contributed by atoms with E-state index in [9.17, 15) is 9.59 Å². The molecule has 0 aliphatic heterocycles. The van der Waals surface area contributed by atoms with Crippen LogP contribution in [0.5, 0.6) is 5.75 Å². The molecule has 1 aliphatic carbocycles. The molecule has 1 aromatic rings. The highest BCUT2D eigenvalue weighted by Gasteiger charge is 2.21. The Morgan fingerprint density at radius 2 is 1.96 bits per heavy atom. The summed E-state index contributed by atoms with van der Waals surface area (Å²) in [5.74, 6) is 0.883. The van der Waals surface area contributed by atoms with Gasteiger partial charge in [-0.25, -0.2) is 4.79 Å².